The van der Waals surface area contributed by atoms with Crippen molar-refractivity contribution in [3.8, 4) is 5.75 Å². The molecule has 1 N–H and O–H groups in total. The maximum Gasteiger partial charge on any atom is 0.331 e. The summed E-state index contributed by atoms with van der Waals surface area (Å²) in [5.41, 5.74) is 2.45. The number of methoxy groups -OCH3 is 1. The number of carbonyl (C=O) groups is 3. The third-order valence-electron chi connectivity index (χ3n) is 5.02. The van der Waals surface area contributed by atoms with Gasteiger partial charge in [-0.05, 0) is 55.3 Å². The minimum absolute atomic E-state index is 0.0557. The van der Waals surface area contributed by atoms with Crippen molar-refractivity contribution in [2.24, 2.45) is 0 Å². The number of anilines is 1. The summed E-state index contributed by atoms with van der Waals surface area (Å²) in [7, 11) is 1.56. The molecule has 7 heteroatoms. The van der Waals surface area contributed by atoms with Gasteiger partial charge >= 0.3 is 6.03 Å². The Morgan fingerprint density at radius 3 is 2.17 bits per heavy atom. The smallest absolute Gasteiger partial charge is 0.331 e. The van der Waals surface area contributed by atoms with Gasteiger partial charge in [0.15, 0.2) is 0 Å². The Kier molecular flexibility index (Phi) is 6.51. The lowest BCUT2D eigenvalue weighted by Crippen LogP contribution is -2.53. The zero-order valence-corrected chi connectivity index (χ0v) is 17.3. The van der Waals surface area contributed by atoms with E-state index in [2.05, 4.69) is 24.1 Å². The number of barbiturate groups is 1. The molecule has 2 aromatic rings. The average Bonchev–Trinajstić information content (AvgIpc) is 2.76. The third-order valence-corrected chi connectivity index (χ3v) is 5.02. The number of carbonyl (C=O) groups excluding carboxylic acids is 3. The van der Waals surface area contributed by atoms with Crippen molar-refractivity contribution < 1.29 is 19.1 Å². The Hall–Kier alpha value is -3.61. The summed E-state index contributed by atoms with van der Waals surface area (Å²) >= 11 is 0. The first-order valence-corrected chi connectivity index (χ1v) is 9.83. The molecule has 7 nitrogen and oxygen atoms in total. The highest BCUT2D eigenvalue weighted by Gasteiger charge is 2.35. The molecule has 0 saturated carbocycles. The Bertz CT molecular complexity index is 961. The quantitative estimate of drug-likeness (QED) is 0.563. The SMILES string of the molecule is CCN(CC)c1ccc(C=C2C(=O)NC(=O)N(Cc3ccc(OC)cc3)C2=O)cc1. The fourth-order valence-electron chi connectivity index (χ4n) is 3.29. The summed E-state index contributed by atoms with van der Waals surface area (Å²) < 4.78 is 5.12. The molecule has 0 radical (unpaired) electrons. The molecule has 1 aliphatic heterocycles. The number of amides is 4. The minimum atomic E-state index is -0.727. The van der Waals surface area contributed by atoms with Gasteiger partial charge in [-0.15, -0.1) is 0 Å². The summed E-state index contributed by atoms with van der Waals surface area (Å²) in [6, 6.07) is 13.9. The molecule has 1 fully saturated rings. The lowest BCUT2D eigenvalue weighted by Gasteiger charge is -2.26. The molecule has 30 heavy (non-hydrogen) atoms. The molecule has 1 saturated heterocycles. The van der Waals surface area contributed by atoms with Gasteiger partial charge in [0, 0.05) is 18.8 Å². The van der Waals surface area contributed by atoms with Crippen LogP contribution < -0.4 is 15.0 Å². The largest absolute Gasteiger partial charge is 0.497 e. The van der Waals surface area contributed by atoms with Crippen LogP contribution in [0.2, 0.25) is 0 Å². The molecule has 156 valence electrons. The Labute approximate surface area is 175 Å². The lowest BCUT2D eigenvalue weighted by atomic mass is 10.1. The fourth-order valence-corrected chi connectivity index (χ4v) is 3.29. The van der Waals surface area contributed by atoms with E-state index in [-0.39, 0.29) is 12.1 Å². The zero-order valence-electron chi connectivity index (χ0n) is 17.3. The van der Waals surface area contributed by atoms with E-state index in [1.807, 2.05) is 24.3 Å². The first-order valence-electron chi connectivity index (χ1n) is 9.83. The maximum absolute atomic E-state index is 12.9. The number of rotatable bonds is 7. The summed E-state index contributed by atoms with van der Waals surface area (Å²) in [6.45, 7) is 6.00. The number of benzene rings is 2. The molecule has 0 aliphatic carbocycles. The second-order valence-electron chi connectivity index (χ2n) is 6.82. The summed E-state index contributed by atoms with van der Waals surface area (Å²) in [5.74, 6) is -0.631. The standard InChI is InChI=1S/C23H25N3O4/c1-4-25(5-2)18-10-6-16(7-11-18)14-20-21(27)24-23(29)26(22(20)28)15-17-8-12-19(30-3)13-9-17/h6-14H,4-5,15H2,1-3H3,(H,24,27,29). The summed E-state index contributed by atoms with van der Waals surface area (Å²) in [4.78, 5) is 40.7. The van der Waals surface area contributed by atoms with Gasteiger partial charge in [-0.1, -0.05) is 24.3 Å². The highest BCUT2D eigenvalue weighted by molar-refractivity contribution is 6.30. The van der Waals surface area contributed by atoms with E-state index in [0.717, 1.165) is 29.2 Å². The molecule has 0 atom stereocenters. The molecule has 0 unspecified atom stereocenters. The van der Waals surface area contributed by atoms with Gasteiger partial charge in [-0.25, -0.2) is 4.79 Å². The molecule has 3 rings (SSSR count). The van der Waals surface area contributed by atoms with Crippen LogP contribution in [0.3, 0.4) is 0 Å². The molecular formula is C23H25N3O4. The Morgan fingerprint density at radius 1 is 0.967 bits per heavy atom. The van der Waals surface area contributed by atoms with E-state index in [1.165, 1.54) is 6.08 Å². The van der Waals surface area contributed by atoms with Crippen molar-refractivity contribution in [3.05, 3.63) is 65.2 Å². The van der Waals surface area contributed by atoms with E-state index in [9.17, 15) is 14.4 Å². The third kappa shape index (κ3) is 4.51. The van der Waals surface area contributed by atoms with E-state index in [1.54, 1.807) is 31.4 Å². The van der Waals surface area contributed by atoms with Crippen molar-refractivity contribution in [3.63, 3.8) is 0 Å². The van der Waals surface area contributed by atoms with Crippen LogP contribution in [-0.4, -0.2) is 42.9 Å². The van der Waals surface area contributed by atoms with Gasteiger partial charge in [0.2, 0.25) is 0 Å². The highest BCUT2D eigenvalue weighted by atomic mass is 16.5. The lowest BCUT2D eigenvalue weighted by molar-refractivity contribution is -0.130. The molecule has 0 aromatic heterocycles. The van der Waals surface area contributed by atoms with Gasteiger partial charge in [0.25, 0.3) is 11.8 Å². The van der Waals surface area contributed by atoms with Crippen molar-refractivity contribution in [1.29, 1.82) is 0 Å². The van der Waals surface area contributed by atoms with Crippen molar-refractivity contribution in [1.82, 2.24) is 10.2 Å². The first kappa shape index (κ1) is 21.1. The second kappa shape index (κ2) is 9.26. The number of hydrogen-bond donors (Lipinski definition) is 1. The fraction of sp³-hybridized carbons (Fsp3) is 0.261. The average molecular weight is 407 g/mol. The van der Waals surface area contributed by atoms with Crippen LogP contribution in [0.1, 0.15) is 25.0 Å². The van der Waals surface area contributed by atoms with Crippen LogP contribution in [0, 0.1) is 0 Å². The molecule has 0 bridgehead atoms. The van der Waals surface area contributed by atoms with Crippen molar-refractivity contribution in [2.45, 2.75) is 20.4 Å². The number of nitrogens with zero attached hydrogens (tertiary/aromatic N) is 2. The van der Waals surface area contributed by atoms with Crippen LogP contribution in [0.4, 0.5) is 10.5 Å². The Balaban J connectivity index is 1.82. The molecule has 4 amide bonds. The Morgan fingerprint density at radius 2 is 1.60 bits per heavy atom. The van der Waals surface area contributed by atoms with Crippen molar-refractivity contribution >= 4 is 29.6 Å². The predicted molar refractivity (Wildman–Crippen MR) is 115 cm³/mol. The van der Waals surface area contributed by atoms with E-state index >= 15 is 0 Å². The van der Waals surface area contributed by atoms with E-state index < -0.39 is 17.8 Å². The number of nitrogens with one attached hydrogen (secondary N) is 1. The molecule has 1 heterocycles. The first-order chi connectivity index (χ1) is 14.5. The summed E-state index contributed by atoms with van der Waals surface area (Å²) in [5, 5.41) is 2.25. The number of urea groups is 1. The highest BCUT2D eigenvalue weighted by Crippen LogP contribution is 2.20. The number of hydrogen-bond acceptors (Lipinski definition) is 5. The van der Waals surface area contributed by atoms with Gasteiger partial charge in [0.05, 0.1) is 13.7 Å². The van der Waals surface area contributed by atoms with Gasteiger partial charge in [-0.2, -0.15) is 0 Å². The zero-order chi connectivity index (χ0) is 21.7. The van der Waals surface area contributed by atoms with Crippen molar-refractivity contribution in [2.75, 3.05) is 25.1 Å². The van der Waals surface area contributed by atoms with E-state index in [4.69, 9.17) is 4.74 Å². The topological polar surface area (TPSA) is 79.0 Å². The van der Waals surface area contributed by atoms with Crippen LogP contribution >= 0.6 is 0 Å². The number of ether oxygens (including phenoxy) is 1. The van der Waals surface area contributed by atoms with Gasteiger partial charge in [0.1, 0.15) is 11.3 Å². The monoisotopic (exact) mass is 407 g/mol. The van der Waals surface area contributed by atoms with Crippen LogP contribution in [0.15, 0.2) is 54.1 Å². The molecular weight excluding hydrogens is 382 g/mol. The van der Waals surface area contributed by atoms with Crippen LogP contribution in [-0.2, 0) is 16.1 Å². The second-order valence-corrected chi connectivity index (χ2v) is 6.82. The molecule has 2 aromatic carbocycles. The van der Waals surface area contributed by atoms with Crippen LogP contribution in [0.5, 0.6) is 5.75 Å². The van der Waals surface area contributed by atoms with Crippen LogP contribution in [0.25, 0.3) is 6.08 Å². The van der Waals surface area contributed by atoms with Gasteiger partial charge in [-0.3, -0.25) is 19.8 Å². The predicted octanol–water partition coefficient (Wildman–Crippen LogP) is 3.20. The molecule has 1 aliphatic rings. The maximum atomic E-state index is 12.9. The minimum Gasteiger partial charge on any atom is -0.497 e. The number of imide groups is 2. The van der Waals surface area contributed by atoms with Gasteiger partial charge < -0.3 is 9.64 Å². The van der Waals surface area contributed by atoms with E-state index in [0.29, 0.717) is 11.3 Å². The normalized spacial score (nSPS) is 15.4. The summed E-state index contributed by atoms with van der Waals surface area (Å²) in [6.07, 6.45) is 1.51. The molecule has 0 spiro atoms.